The molecule has 0 saturated carbocycles. The molecule has 17 heavy (non-hydrogen) atoms. The quantitative estimate of drug-likeness (QED) is 0.706. The van der Waals surface area contributed by atoms with Gasteiger partial charge in [-0.05, 0) is 13.0 Å². The first-order chi connectivity index (χ1) is 8.08. The molecule has 1 amide bonds. The van der Waals surface area contributed by atoms with Crippen molar-refractivity contribution in [2.24, 2.45) is 0 Å². The molecule has 0 aliphatic heterocycles. The van der Waals surface area contributed by atoms with Crippen LogP contribution in [-0.2, 0) is 0 Å². The fraction of sp³-hybridized carbons (Fsp3) is 0.100. The molecule has 0 bridgehead atoms. The molecule has 2 heterocycles. The zero-order valence-corrected chi connectivity index (χ0v) is 9.75. The SMILES string of the molecule is Cc1cn[nH]c1NC(=O)c1cc(N)cnc1Cl. The minimum atomic E-state index is -0.387. The predicted molar refractivity (Wildman–Crippen MR) is 64.9 cm³/mol. The average molecular weight is 252 g/mol. The standard InChI is InChI=1S/C10H10ClN5O/c1-5-3-14-16-9(5)15-10(17)7-2-6(12)4-13-8(7)11/h2-4H,12H2,1H3,(H2,14,15,16,17). The third kappa shape index (κ3) is 2.36. The molecule has 0 aromatic carbocycles. The lowest BCUT2D eigenvalue weighted by Crippen LogP contribution is -2.14. The van der Waals surface area contributed by atoms with E-state index in [1.807, 2.05) is 6.92 Å². The molecular weight excluding hydrogens is 242 g/mol. The largest absolute Gasteiger partial charge is 0.397 e. The number of aromatic amines is 1. The lowest BCUT2D eigenvalue weighted by molar-refractivity contribution is 0.102. The van der Waals surface area contributed by atoms with Gasteiger partial charge in [0.2, 0.25) is 0 Å². The molecule has 0 spiro atoms. The summed E-state index contributed by atoms with van der Waals surface area (Å²) in [5, 5.41) is 9.20. The fourth-order valence-electron chi connectivity index (χ4n) is 1.28. The Hall–Kier alpha value is -2.08. The van der Waals surface area contributed by atoms with Gasteiger partial charge in [0.05, 0.1) is 23.6 Å². The van der Waals surface area contributed by atoms with Crippen molar-refractivity contribution in [2.45, 2.75) is 6.92 Å². The van der Waals surface area contributed by atoms with Crippen LogP contribution in [0, 0.1) is 6.92 Å². The van der Waals surface area contributed by atoms with Crippen molar-refractivity contribution < 1.29 is 4.79 Å². The topological polar surface area (TPSA) is 96.7 Å². The van der Waals surface area contributed by atoms with Gasteiger partial charge in [-0.3, -0.25) is 9.89 Å². The number of aryl methyl sites for hydroxylation is 1. The third-order valence-electron chi connectivity index (χ3n) is 2.17. The van der Waals surface area contributed by atoms with Crippen LogP contribution < -0.4 is 11.1 Å². The molecule has 2 aromatic heterocycles. The molecule has 0 unspecified atom stereocenters. The molecule has 4 N–H and O–H groups in total. The van der Waals surface area contributed by atoms with E-state index >= 15 is 0 Å². The summed E-state index contributed by atoms with van der Waals surface area (Å²) in [4.78, 5) is 15.7. The van der Waals surface area contributed by atoms with E-state index < -0.39 is 0 Å². The molecule has 0 aliphatic carbocycles. The van der Waals surface area contributed by atoms with Gasteiger partial charge in [-0.1, -0.05) is 11.6 Å². The van der Waals surface area contributed by atoms with Gasteiger partial charge in [0.1, 0.15) is 11.0 Å². The first-order valence-electron chi connectivity index (χ1n) is 4.80. The second-order valence-electron chi connectivity index (χ2n) is 3.49. The highest BCUT2D eigenvalue weighted by Gasteiger charge is 2.13. The number of H-pyrrole nitrogens is 1. The zero-order valence-electron chi connectivity index (χ0n) is 8.99. The minimum Gasteiger partial charge on any atom is -0.397 e. The number of halogens is 1. The molecule has 0 fully saturated rings. The van der Waals surface area contributed by atoms with Gasteiger partial charge in [-0.2, -0.15) is 5.10 Å². The van der Waals surface area contributed by atoms with E-state index in [4.69, 9.17) is 17.3 Å². The number of nitrogens with one attached hydrogen (secondary N) is 2. The molecule has 0 atom stereocenters. The van der Waals surface area contributed by atoms with Crippen LogP contribution in [0.2, 0.25) is 5.15 Å². The number of nitrogen functional groups attached to an aromatic ring is 1. The number of anilines is 2. The highest BCUT2D eigenvalue weighted by Crippen LogP contribution is 2.18. The first kappa shape index (κ1) is 11.4. The zero-order chi connectivity index (χ0) is 12.4. The van der Waals surface area contributed by atoms with Crippen LogP contribution in [0.25, 0.3) is 0 Å². The van der Waals surface area contributed by atoms with Gasteiger partial charge in [0.25, 0.3) is 5.91 Å². The Bertz CT molecular complexity index is 566. The van der Waals surface area contributed by atoms with Gasteiger partial charge >= 0.3 is 0 Å². The van der Waals surface area contributed by atoms with E-state index in [1.165, 1.54) is 12.3 Å². The van der Waals surface area contributed by atoms with Gasteiger partial charge in [-0.25, -0.2) is 4.98 Å². The Morgan fingerprint density at radius 2 is 2.29 bits per heavy atom. The molecule has 0 aliphatic rings. The lowest BCUT2D eigenvalue weighted by Gasteiger charge is -2.05. The van der Waals surface area contributed by atoms with Crippen molar-refractivity contribution in [3.05, 3.63) is 34.7 Å². The number of amides is 1. The van der Waals surface area contributed by atoms with Crippen LogP contribution in [-0.4, -0.2) is 21.1 Å². The monoisotopic (exact) mass is 251 g/mol. The summed E-state index contributed by atoms with van der Waals surface area (Å²) in [5.41, 5.74) is 6.97. The maximum Gasteiger partial charge on any atom is 0.260 e. The Kier molecular flexibility index (Phi) is 2.97. The van der Waals surface area contributed by atoms with Crippen LogP contribution in [0.15, 0.2) is 18.5 Å². The fourth-order valence-corrected chi connectivity index (χ4v) is 1.47. The number of pyridine rings is 1. The number of carbonyl (C=O) groups is 1. The molecular formula is C10H10ClN5O. The summed E-state index contributed by atoms with van der Waals surface area (Å²) in [7, 11) is 0. The van der Waals surface area contributed by atoms with Gasteiger partial charge in [0, 0.05) is 5.56 Å². The van der Waals surface area contributed by atoms with Crippen LogP contribution >= 0.6 is 11.6 Å². The lowest BCUT2D eigenvalue weighted by atomic mass is 10.2. The smallest absolute Gasteiger partial charge is 0.260 e. The second-order valence-corrected chi connectivity index (χ2v) is 3.85. The Morgan fingerprint density at radius 3 is 2.94 bits per heavy atom. The number of aromatic nitrogens is 3. The minimum absolute atomic E-state index is 0.105. The summed E-state index contributed by atoms with van der Waals surface area (Å²) >= 11 is 5.82. The highest BCUT2D eigenvalue weighted by molar-refractivity contribution is 6.33. The number of nitrogens with two attached hydrogens (primary N) is 1. The van der Waals surface area contributed by atoms with E-state index in [-0.39, 0.29) is 16.6 Å². The Balaban J connectivity index is 2.26. The van der Waals surface area contributed by atoms with Gasteiger partial charge in [0.15, 0.2) is 0 Å². The van der Waals surface area contributed by atoms with Crippen LogP contribution in [0.4, 0.5) is 11.5 Å². The second kappa shape index (κ2) is 4.42. The molecule has 6 nitrogen and oxygen atoms in total. The van der Waals surface area contributed by atoms with E-state index in [2.05, 4.69) is 20.5 Å². The Morgan fingerprint density at radius 1 is 1.53 bits per heavy atom. The van der Waals surface area contributed by atoms with E-state index in [0.717, 1.165) is 5.56 Å². The summed E-state index contributed by atoms with van der Waals surface area (Å²) in [6.45, 7) is 1.82. The van der Waals surface area contributed by atoms with E-state index in [0.29, 0.717) is 11.5 Å². The molecule has 0 radical (unpaired) electrons. The number of nitrogens with zero attached hydrogens (tertiary/aromatic N) is 2. The molecule has 2 aromatic rings. The number of hydrogen-bond donors (Lipinski definition) is 3. The van der Waals surface area contributed by atoms with Crippen molar-refractivity contribution in [3.63, 3.8) is 0 Å². The van der Waals surface area contributed by atoms with E-state index in [1.54, 1.807) is 6.20 Å². The van der Waals surface area contributed by atoms with Gasteiger partial charge < -0.3 is 11.1 Å². The van der Waals surface area contributed by atoms with Crippen molar-refractivity contribution in [1.82, 2.24) is 15.2 Å². The molecule has 0 saturated heterocycles. The highest BCUT2D eigenvalue weighted by atomic mass is 35.5. The summed E-state index contributed by atoms with van der Waals surface area (Å²) < 4.78 is 0. The Labute approximate surface area is 102 Å². The van der Waals surface area contributed by atoms with Crippen molar-refractivity contribution in [2.75, 3.05) is 11.1 Å². The molecule has 88 valence electrons. The average Bonchev–Trinajstić information content (AvgIpc) is 2.68. The van der Waals surface area contributed by atoms with Crippen molar-refractivity contribution in [1.29, 1.82) is 0 Å². The van der Waals surface area contributed by atoms with Crippen molar-refractivity contribution in [3.8, 4) is 0 Å². The first-order valence-corrected chi connectivity index (χ1v) is 5.18. The van der Waals surface area contributed by atoms with Crippen LogP contribution in [0.1, 0.15) is 15.9 Å². The number of hydrogen-bond acceptors (Lipinski definition) is 4. The van der Waals surface area contributed by atoms with Crippen LogP contribution in [0.3, 0.4) is 0 Å². The van der Waals surface area contributed by atoms with Crippen molar-refractivity contribution >= 4 is 29.0 Å². The third-order valence-corrected chi connectivity index (χ3v) is 2.47. The summed E-state index contributed by atoms with van der Waals surface area (Å²) in [6.07, 6.45) is 3.00. The summed E-state index contributed by atoms with van der Waals surface area (Å²) in [6, 6.07) is 1.47. The van der Waals surface area contributed by atoms with E-state index in [9.17, 15) is 4.79 Å². The number of carbonyl (C=O) groups excluding carboxylic acids is 1. The maximum atomic E-state index is 11.9. The number of rotatable bonds is 2. The normalized spacial score (nSPS) is 10.2. The molecule has 7 heteroatoms. The summed E-state index contributed by atoms with van der Waals surface area (Å²) in [5.74, 6) is 0.135. The molecule has 2 rings (SSSR count). The van der Waals surface area contributed by atoms with Crippen LogP contribution in [0.5, 0.6) is 0 Å². The van der Waals surface area contributed by atoms with Gasteiger partial charge in [-0.15, -0.1) is 0 Å². The maximum absolute atomic E-state index is 11.9. The predicted octanol–water partition coefficient (Wildman–Crippen LogP) is 1.60.